The number of thiophene rings is 1. The molecule has 27 heavy (non-hydrogen) atoms. The first kappa shape index (κ1) is 20.2. The SMILES string of the molecule is CCN(Cc1ccc(Br)s1)C(=O)CSc1nnc(Nc2ccc(F)cc2)s1. The third kappa shape index (κ3) is 6.00. The largest absolute Gasteiger partial charge is 0.337 e. The molecule has 142 valence electrons. The molecule has 0 aliphatic heterocycles. The van der Waals surface area contributed by atoms with Gasteiger partial charge in [-0.05, 0) is 59.3 Å². The van der Waals surface area contributed by atoms with Crippen LogP contribution in [0.1, 0.15) is 11.8 Å². The number of anilines is 2. The number of aromatic nitrogens is 2. The van der Waals surface area contributed by atoms with Gasteiger partial charge in [-0.15, -0.1) is 21.5 Å². The Balaban J connectivity index is 1.52. The molecule has 3 aromatic rings. The summed E-state index contributed by atoms with van der Waals surface area (Å²) < 4.78 is 14.7. The summed E-state index contributed by atoms with van der Waals surface area (Å²) in [5, 5.41) is 11.8. The van der Waals surface area contributed by atoms with Crippen molar-refractivity contribution in [2.45, 2.75) is 17.8 Å². The number of hydrogen-bond acceptors (Lipinski definition) is 7. The summed E-state index contributed by atoms with van der Waals surface area (Å²) in [6, 6.07) is 10.0. The van der Waals surface area contributed by atoms with Gasteiger partial charge in [-0.2, -0.15) is 0 Å². The number of nitrogens with one attached hydrogen (secondary N) is 1. The lowest BCUT2D eigenvalue weighted by Gasteiger charge is -2.19. The van der Waals surface area contributed by atoms with Crippen molar-refractivity contribution in [1.29, 1.82) is 0 Å². The molecule has 0 saturated carbocycles. The highest BCUT2D eigenvalue weighted by Gasteiger charge is 2.15. The van der Waals surface area contributed by atoms with Crippen molar-refractivity contribution in [2.75, 3.05) is 17.6 Å². The number of carbonyl (C=O) groups excluding carboxylic acids is 1. The number of carbonyl (C=O) groups is 1. The monoisotopic (exact) mass is 486 g/mol. The minimum absolute atomic E-state index is 0.0651. The van der Waals surface area contributed by atoms with Gasteiger partial charge < -0.3 is 10.2 Å². The number of rotatable bonds is 8. The Morgan fingerprint density at radius 3 is 2.67 bits per heavy atom. The molecule has 2 heterocycles. The van der Waals surface area contributed by atoms with E-state index in [4.69, 9.17) is 0 Å². The number of halogens is 2. The van der Waals surface area contributed by atoms with E-state index >= 15 is 0 Å². The van der Waals surface area contributed by atoms with E-state index in [1.54, 1.807) is 23.5 Å². The highest BCUT2D eigenvalue weighted by Crippen LogP contribution is 2.28. The number of benzene rings is 1. The Morgan fingerprint density at radius 1 is 1.22 bits per heavy atom. The van der Waals surface area contributed by atoms with Crippen LogP contribution in [-0.4, -0.2) is 33.3 Å². The molecule has 0 aliphatic rings. The van der Waals surface area contributed by atoms with Crippen molar-refractivity contribution in [3.05, 3.63) is 50.9 Å². The molecule has 0 aliphatic carbocycles. The second-order valence-electron chi connectivity index (χ2n) is 5.41. The average molecular weight is 487 g/mol. The van der Waals surface area contributed by atoms with Crippen LogP contribution in [0.3, 0.4) is 0 Å². The molecule has 5 nitrogen and oxygen atoms in total. The van der Waals surface area contributed by atoms with Crippen LogP contribution in [0.4, 0.5) is 15.2 Å². The lowest BCUT2D eigenvalue weighted by Crippen LogP contribution is -2.31. The van der Waals surface area contributed by atoms with E-state index in [0.717, 1.165) is 14.4 Å². The predicted molar refractivity (Wildman–Crippen MR) is 113 cm³/mol. The third-order valence-electron chi connectivity index (χ3n) is 3.53. The van der Waals surface area contributed by atoms with Crippen molar-refractivity contribution < 1.29 is 9.18 Å². The molecular formula is C17H16BrFN4OS3. The second-order valence-corrected chi connectivity index (χ2v) is 10.2. The number of nitrogens with zero attached hydrogens (tertiary/aromatic N) is 3. The molecule has 0 spiro atoms. The quantitative estimate of drug-likeness (QED) is 0.432. The zero-order chi connectivity index (χ0) is 19.2. The summed E-state index contributed by atoms with van der Waals surface area (Å²) in [7, 11) is 0. The molecule has 0 bridgehead atoms. The molecule has 1 N–H and O–H groups in total. The van der Waals surface area contributed by atoms with Gasteiger partial charge in [-0.3, -0.25) is 4.79 Å². The summed E-state index contributed by atoms with van der Waals surface area (Å²) in [5.74, 6) is 0.0872. The fourth-order valence-corrected chi connectivity index (χ4v) is 5.37. The Kier molecular flexibility index (Phi) is 7.22. The molecule has 3 rings (SSSR count). The molecule has 1 amide bonds. The van der Waals surface area contributed by atoms with Crippen LogP contribution in [0.25, 0.3) is 0 Å². The molecule has 10 heteroatoms. The normalized spacial score (nSPS) is 10.8. The van der Waals surface area contributed by atoms with Crippen molar-refractivity contribution in [3.8, 4) is 0 Å². The minimum atomic E-state index is -0.289. The van der Waals surface area contributed by atoms with Gasteiger partial charge in [0.25, 0.3) is 0 Å². The highest BCUT2D eigenvalue weighted by atomic mass is 79.9. The fraction of sp³-hybridized carbons (Fsp3) is 0.235. The average Bonchev–Trinajstić information content (AvgIpc) is 3.28. The van der Waals surface area contributed by atoms with E-state index in [9.17, 15) is 9.18 Å². The zero-order valence-corrected chi connectivity index (χ0v) is 18.4. The van der Waals surface area contributed by atoms with Crippen LogP contribution in [0.5, 0.6) is 0 Å². The van der Waals surface area contributed by atoms with Crippen LogP contribution in [0, 0.1) is 5.82 Å². The molecule has 0 atom stereocenters. The molecule has 0 fully saturated rings. The van der Waals surface area contributed by atoms with Gasteiger partial charge in [0, 0.05) is 17.1 Å². The van der Waals surface area contributed by atoms with Crippen molar-refractivity contribution >= 4 is 67.1 Å². The van der Waals surface area contributed by atoms with E-state index < -0.39 is 0 Å². The maximum atomic E-state index is 12.9. The van der Waals surface area contributed by atoms with Crippen molar-refractivity contribution in [2.24, 2.45) is 0 Å². The van der Waals surface area contributed by atoms with E-state index in [1.165, 1.54) is 35.2 Å². The maximum Gasteiger partial charge on any atom is 0.233 e. The standard InChI is InChI=1S/C17H16BrFN4OS3/c1-2-23(9-13-7-8-14(18)26-13)15(24)10-25-17-22-21-16(27-17)20-12-5-3-11(19)4-6-12/h3-8H,2,9-10H2,1H3,(H,20,21). The van der Waals surface area contributed by atoms with Crippen molar-refractivity contribution in [1.82, 2.24) is 15.1 Å². The lowest BCUT2D eigenvalue weighted by atomic mass is 10.3. The van der Waals surface area contributed by atoms with Gasteiger partial charge in [-0.1, -0.05) is 23.1 Å². The Hall–Kier alpha value is -1.49. The van der Waals surface area contributed by atoms with Crippen LogP contribution in [-0.2, 0) is 11.3 Å². The van der Waals surface area contributed by atoms with Gasteiger partial charge in [0.1, 0.15) is 5.82 Å². The molecule has 0 unspecified atom stereocenters. The number of amides is 1. The third-order valence-corrected chi connectivity index (χ3v) is 7.10. The Labute approximate surface area is 177 Å². The molecule has 0 radical (unpaired) electrons. The van der Waals surface area contributed by atoms with E-state index in [1.807, 2.05) is 24.0 Å². The first-order valence-corrected chi connectivity index (χ1v) is 11.5. The van der Waals surface area contributed by atoms with Gasteiger partial charge >= 0.3 is 0 Å². The van der Waals surface area contributed by atoms with Crippen LogP contribution < -0.4 is 5.32 Å². The summed E-state index contributed by atoms with van der Waals surface area (Å²) in [6.07, 6.45) is 0. The van der Waals surface area contributed by atoms with Gasteiger partial charge in [-0.25, -0.2) is 4.39 Å². The smallest absolute Gasteiger partial charge is 0.233 e. The minimum Gasteiger partial charge on any atom is -0.337 e. The topological polar surface area (TPSA) is 58.1 Å². The van der Waals surface area contributed by atoms with Gasteiger partial charge in [0.2, 0.25) is 11.0 Å². The van der Waals surface area contributed by atoms with E-state index in [0.29, 0.717) is 28.3 Å². The summed E-state index contributed by atoms with van der Waals surface area (Å²) >= 11 is 7.81. The number of thioether (sulfide) groups is 1. The first-order chi connectivity index (χ1) is 13.0. The number of hydrogen-bond donors (Lipinski definition) is 1. The van der Waals surface area contributed by atoms with Crippen molar-refractivity contribution in [3.63, 3.8) is 0 Å². The molecular weight excluding hydrogens is 471 g/mol. The summed E-state index contributed by atoms with van der Waals surface area (Å²) in [5.41, 5.74) is 0.736. The lowest BCUT2D eigenvalue weighted by molar-refractivity contribution is -0.128. The second kappa shape index (κ2) is 9.63. The first-order valence-electron chi connectivity index (χ1n) is 8.04. The predicted octanol–water partition coefficient (Wildman–Crippen LogP) is 5.39. The van der Waals surface area contributed by atoms with Crippen LogP contribution in [0.15, 0.2) is 44.5 Å². The van der Waals surface area contributed by atoms with Crippen LogP contribution >= 0.6 is 50.4 Å². The molecule has 2 aromatic heterocycles. The zero-order valence-electron chi connectivity index (χ0n) is 14.3. The molecule has 0 saturated heterocycles. The molecule has 1 aromatic carbocycles. The van der Waals surface area contributed by atoms with Crippen LogP contribution in [0.2, 0.25) is 0 Å². The fourth-order valence-electron chi connectivity index (χ4n) is 2.19. The highest BCUT2D eigenvalue weighted by molar-refractivity contribution is 9.11. The Morgan fingerprint density at radius 2 is 2.00 bits per heavy atom. The summed E-state index contributed by atoms with van der Waals surface area (Å²) in [4.78, 5) is 15.5. The van der Waals surface area contributed by atoms with E-state index in [2.05, 4.69) is 31.4 Å². The maximum absolute atomic E-state index is 12.9. The van der Waals surface area contributed by atoms with Gasteiger partial charge in [0.05, 0.1) is 16.1 Å². The van der Waals surface area contributed by atoms with E-state index in [-0.39, 0.29) is 11.7 Å². The van der Waals surface area contributed by atoms with Gasteiger partial charge in [0.15, 0.2) is 4.34 Å². The Bertz CT molecular complexity index is 900. The summed E-state index contributed by atoms with van der Waals surface area (Å²) in [6.45, 7) is 3.24.